The Labute approximate surface area is 192 Å². The van der Waals surface area contributed by atoms with E-state index in [1.54, 1.807) is 18.2 Å². The van der Waals surface area contributed by atoms with E-state index in [1.165, 1.54) is 4.31 Å². The van der Waals surface area contributed by atoms with Crippen molar-refractivity contribution in [1.82, 2.24) is 4.90 Å². The van der Waals surface area contributed by atoms with Crippen LogP contribution in [0.4, 0.5) is 5.69 Å². The van der Waals surface area contributed by atoms with Crippen LogP contribution in [0, 0.1) is 0 Å². The van der Waals surface area contributed by atoms with Crippen molar-refractivity contribution in [2.45, 2.75) is 37.5 Å². The Morgan fingerprint density at radius 1 is 1.13 bits per heavy atom. The third-order valence-electron chi connectivity index (χ3n) is 6.40. The zero-order valence-electron chi connectivity index (χ0n) is 16.9. The van der Waals surface area contributed by atoms with Gasteiger partial charge in [0.05, 0.1) is 23.6 Å². The van der Waals surface area contributed by atoms with Gasteiger partial charge >= 0.3 is 0 Å². The average Bonchev–Trinajstić information content (AvgIpc) is 3.39. The number of nitrogens with zero attached hydrogens (tertiary/aromatic N) is 2. The van der Waals surface area contributed by atoms with E-state index in [9.17, 15) is 13.5 Å². The first kappa shape index (κ1) is 21.3. The van der Waals surface area contributed by atoms with E-state index in [4.69, 9.17) is 27.9 Å². The second-order valence-corrected chi connectivity index (χ2v) is 11.3. The normalized spacial score (nSPS) is 27.6. The Bertz CT molecular complexity index is 1110. The monoisotopic (exact) mass is 482 g/mol. The molecule has 1 unspecified atom stereocenters. The molecule has 166 valence electrons. The highest BCUT2D eigenvalue weighted by molar-refractivity contribution is 7.93. The Morgan fingerprint density at radius 3 is 2.68 bits per heavy atom. The van der Waals surface area contributed by atoms with Gasteiger partial charge < -0.3 is 9.84 Å². The number of hydrogen-bond donors (Lipinski definition) is 1. The maximum atomic E-state index is 12.3. The summed E-state index contributed by atoms with van der Waals surface area (Å²) in [5.74, 6) is 0.767. The van der Waals surface area contributed by atoms with E-state index in [0.29, 0.717) is 47.4 Å². The molecular formula is C22H24Cl2N2O4S. The summed E-state index contributed by atoms with van der Waals surface area (Å²) in [6.45, 7) is 1.87. The van der Waals surface area contributed by atoms with Crippen LogP contribution in [0.1, 0.15) is 30.1 Å². The standard InChI is InChI=1S/C22H24Cl2N2O4S/c23-14-9-19-18(20(24)10-14)12-21(25-7-5-16(27)13-25)22(19)30-17-4-1-3-15(11-17)26-6-2-8-31(26,28)29/h1,3-4,9-11,16,21-22,27H,2,5-8,12-13H2/t16?,21-,22-/m0/s1. The van der Waals surface area contributed by atoms with E-state index in [-0.39, 0.29) is 24.0 Å². The zero-order valence-corrected chi connectivity index (χ0v) is 19.2. The van der Waals surface area contributed by atoms with Gasteiger partial charge in [-0.15, -0.1) is 0 Å². The first-order chi connectivity index (χ1) is 14.8. The Morgan fingerprint density at radius 2 is 1.97 bits per heavy atom. The first-order valence-electron chi connectivity index (χ1n) is 10.5. The van der Waals surface area contributed by atoms with Gasteiger partial charge in [-0.1, -0.05) is 29.3 Å². The van der Waals surface area contributed by atoms with Crippen LogP contribution in [0.3, 0.4) is 0 Å². The molecule has 1 aliphatic carbocycles. The second-order valence-electron chi connectivity index (χ2n) is 8.44. The fourth-order valence-electron chi connectivity index (χ4n) is 4.94. The SMILES string of the molecule is O=S1(=O)CCCN1c1cccc(O[C@H]2c3cc(Cl)cc(Cl)c3C[C@@H]2N2CCC(O)C2)c1. The van der Waals surface area contributed by atoms with Gasteiger partial charge in [0.2, 0.25) is 10.0 Å². The lowest BCUT2D eigenvalue weighted by Gasteiger charge is -2.30. The van der Waals surface area contributed by atoms with E-state index in [0.717, 1.165) is 24.1 Å². The summed E-state index contributed by atoms with van der Waals surface area (Å²) < 4.78 is 32.6. The number of sulfonamides is 1. The quantitative estimate of drug-likeness (QED) is 0.719. The topological polar surface area (TPSA) is 70.1 Å². The van der Waals surface area contributed by atoms with Gasteiger partial charge in [-0.05, 0) is 49.1 Å². The number of likely N-dealkylation sites (tertiary alicyclic amines) is 1. The van der Waals surface area contributed by atoms with Crippen LogP contribution in [-0.4, -0.2) is 56.0 Å². The third kappa shape index (κ3) is 4.02. The lowest BCUT2D eigenvalue weighted by atomic mass is 10.1. The molecule has 3 atom stereocenters. The summed E-state index contributed by atoms with van der Waals surface area (Å²) in [5, 5.41) is 11.2. The number of anilines is 1. The fraction of sp³-hybridized carbons (Fsp3) is 0.455. The molecular weight excluding hydrogens is 459 g/mol. The first-order valence-corrected chi connectivity index (χ1v) is 12.9. The molecule has 0 amide bonds. The van der Waals surface area contributed by atoms with Gasteiger partial charge in [-0.25, -0.2) is 8.42 Å². The molecule has 2 fully saturated rings. The molecule has 9 heteroatoms. The van der Waals surface area contributed by atoms with Crippen LogP contribution in [0.25, 0.3) is 0 Å². The summed E-state index contributed by atoms with van der Waals surface area (Å²) in [7, 11) is -3.27. The van der Waals surface area contributed by atoms with Crippen LogP contribution in [0.5, 0.6) is 5.75 Å². The molecule has 0 radical (unpaired) electrons. The fourth-order valence-corrected chi connectivity index (χ4v) is 7.08. The highest BCUT2D eigenvalue weighted by Gasteiger charge is 2.41. The smallest absolute Gasteiger partial charge is 0.235 e. The number of ether oxygens (including phenoxy) is 1. The van der Waals surface area contributed by atoms with Crippen molar-refractivity contribution in [1.29, 1.82) is 0 Å². The zero-order chi connectivity index (χ0) is 21.8. The average molecular weight is 483 g/mol. The van der Waals surface area contributed by atoms with Gasteiger partial charge in [-0.2, -0.15) is 0 Å². The van der Waals surface area contributed by atoms with Crippen LogP contribution in [0.2, 0.25) is 10.0 Å². The minimum absolute atomic E-state index is 0.0160. The second kappa shape index (κ2) is 8.12. The van der Waals surface area contributed by atoms with E-state index in [2.05, 4.69) is 4.90 Å². The number of fused-ring (bicyclic) bond motifs is 1. The van der Waals surface area contributed by atoms with Crippen molar-refractivity contribution in [3.63, 3.8) is 0 Å². The van der Waals surface area contributed by atoms with Crippen molar-refractivity contribution in [2.75, 3.05) is 29.7 Å². The number of β-amino-alcohol motifs (C(OH)–C–C–N with tert-alkyl or cyclic N) is 1. The Balaban J connectivity index is 1.48. The van der Waals surface area contributed by atoms with Crippen molar-refractivity contribution < 1.29 is 18.3 Å². The van der Waals surface area contributed by atoms with Crippen molar-refractivity contribution in [3.05, 3.63) is 57.6 Å². The lowest BCUT2D eigenvalue weighted by Crippen LogP contribution is -2.39. The number of halogens is 2. The molecule has 3 aliphatic rings. The molecule has 1 N–H and O–H groups in total. The summed E-state index contributed by atoms with van der Waals surface area (Å²) in [5.41, 5.74) is 2.58. The highest BCUT2D eigenvalue weighted by Crippen LogP contribution is 2.43. The maximum Gasteiger partial charge on any atom is 0.235 e. The number of rotatable bonds is 4. The van der Waals surface area contributed by atoms with E-state index in [1.807, 2.05) is 18.2 Å². The molecule has 31 heavy (non-hydrogen) atoms. The number of aliphatic hydroxyl groups excluding tert-OH is 1. The molecule has 2 aromatic carbocycles. The number of hydrogen-bond acceptors (Lipinski definition) is 5. The minimum Gasteiger partial charge on any atom is -0.484 e. The molecule has 2 aromatic rings. The summed E-state index contributed by atoms with van der Waals surface area (Å²) >= 11 is 12.8. The largest absolute Gasteiger partial charge is 0.484 e. The molecule has 0 bridgehead atoms. The number of aliphatic hydroxyl groups is 1. The van der Waals surface area contributed by atoms with Crippen molar-refractivity contribution >= 4 is 38.9 Å². The third-order valence-corrected chi connectivity index (χ3v) is 8.82. The predicted octanol–water partition coefficient (Wildman–Crippen LogP) is 3.64. The lowest BCUT2D eigenvalue weighted by molar-refractivity contribution is 0.0819. The summed E-state index contributed by atoms with van der Waals surface area (Å²) in [4.78, 5) is 2.24. The van der Waals surface area contributed by atoms with Gasteiger partial charge in [0.1, 0.15) is 11.9 Å². The molecule has 2 aliphatic heterocycles. The predicted molar refractivity (Wildman–Crippen MR) is 122 cm³/mol. The number of benzene rings is 2. The molecule has 0 aromatic heterocycles. The molecule has 5 rings (SSSR count). The van der Waals surface area contributed by atoms with Crippen LogP contribution in [-0.2, 0) is 16.4 Å². The van der Waals surface area contributed by atoms with Crippen LogP contribution in [0.15, 0.2) is 36.4 Å². The van der Waals surface area contributed by atoms with Crippen molar-refractivity contribution in [2.24, 2.45) is 0 Å². The van der Waals surface area contributed by atoms with Gasteiger partial charge in [0.15, 0.2) is 0 Å². The molecule has 0 saturated carbocycles. The van der Waals surface area contributed by atoms with Crippen LogP contribution < -0.4 is 9.04 Å². The molecule has 6 nitrogen and oxygen atoms in total. The van der Waals surface area contributed by atoms with E-state index < -0.39 is 10.0 Å². The highest BCUT2D eigenvalue weighted by atomic mass is 35.5. The Hall–Kier alpha value is -1.51. The summed E-state index contributed by atoms with van der Waals surface area (Å²) in [6.07, 6.45) is 1.41. The van der Waals surface area contributed by atoms with E-state index >= 15 is 0 Å². The summed E-state index contributed by atoms with van der Waals surface area (Å²) in [6, 6.07) is 10.9. The molecule has 2 heterocycles. The minimum atomic E-state index is -3.27. The van der Waals surface area contributed by atoms with Crippen LogP contribution >= 0.6 is 23.2 Å². The van der Waals surface area contributed by atoms with Crippen molar-refractivity contribution in [3.8, 4) is 5.75 Å². The van der Waals surface area contributed by atoms with Gasteiger partial charge in [-0.3, -0.25) is 9.21 Å². The van der Waals surface area contributed by atoms with Gasteiger partial charge in [0.25, 0.3) is 0 Å². The van der Waals surface area contributed by atoms with Gasteiger partial charge in [0, 0.05) is 41.3 Å². The Kier molecular flexibility index (Phi) is 5.59. The maximum absolute atomic E-state index is 12.3. The molecule has 2 saturated heterocycles. The molecule has 0 spiro atoms.